The number of allylic oxidation sites excluding steroid dienone is 4. The van der Waals surface area contributed by atoms with Gasteiger partial charge in [0.25, 0.3) is 0 Å². The van der Waals surface area contributed by atoms with E-state index in [2.05, 4.69) is 39.5 Å². The Hall–Kier alpha value is -4.42. The zero-order valence-electron chi connectivity index (χ0n) is 27.8. The molecule has 0 aromatic heterocycles. The van der Waals surface area contributed by atoms with E-state index in [1.54, 1.807) is 44.6 Å². The molecule has 0 unspecified atom stereocenters. The number of ether oxygens (including phenoxy) is 4. The van der Waals surface area contributed by atoms with Gasteiger partial charge in [0.1, 0.15) is 17.2 Å². The van der Waals surface area contributed by atoms with Gasteiger partial charge in [-0.15, -0.1) is 0 Å². The molecule has 0 bridgehead atoms. The molecule has 0 heterocycles. The first-order chi connectivity index (χ1) is 21.7. The molecule has 0 saturated heterocycles. The van der Waals surface area contributed by atoms with Crippen LogP contribution in [0.2, 0.25) is 0 Å². The lowest BCUT2D eigenvalue weighted by atomic mass is 9.90. The van der Waals surface area contributed by atoms with Crippen LogP contribution in [0.25, 0.3) is 6.08 Å². The van der Waals surface area contributed by atoms with E-state index in [9.17, 15) is 4.79 Å². The molecule has 0 aliphatic heterocycles. The number of carbonyl (C=O) groups excluding carboxylic acids is 1. The predicted octanol–water partition coefficient (Wildman–Crippen LogP) is 9.73. The summed E-state index contributed by atoms with van der Waals surface area (Å²) in [6, 6.07) is 18.5. The summed E-state index contributed by atoms with van der Waals surface area (Å²) in [5.74, 6) is 1.58. The molecule has 0 radical (unpaired) electrons. The fourth-order valence-electron chi connectivity index (χ4n) is 4.21. The standard InChI is InChI=1S/C23H25NO4.C9H12O.C7H12/c1-26-12-3-13-27-21-9-7-19(8-10-21)23(25)28-22-11-6-18(15-20(22)16-24)14-17-4-2-5-17;1-7-4-5-9(10-3)8(2)6-7;1-4-6-7(3)5-2/h6-11,14-16,24H,2-5,12-13H2,1H3;4-6H,1-3H3;4,6H,1,5H2,2-3H3/b;;7-6+. The van der Waals surface area contributed by atoms with Crippen molar-refractivity contribution in [1.82, 2.24) is 0 Å². The normalized spacial score (nSPS) is 11.9. The lowest BCUT2D eigenvalue weighted by Crippen LogP contribution is -2.10. The first kappa shape index (κ1) is 36.8. The molecule has 6 nitrogen and oxygen atoms in total. The maximum absolute atomic E-state index is 12.4. The van der Waals surface area contributed by atoms with E-state index >= 15 is 0 Å². The van der Waals surface area contributed by atoms with Crippen LogP contribution in [-0.2, 0) is 4.74 Å². The van der Waals surface area contributed by atoms with Gasteiger partial charge in [0.05, 0.1) is 19.3 Å². The highest BCUT2D eigenvalue weighted by molar-refractivity contribution is 5.93. The molecule has 1 N–H and O–H groups in total. The number of hydrogen-bond donors (Lipinski definition) is 1. The van der Waals surface area contributed by atoms with Crippen molar-refractivity contribution in [2.24, 2.45) is 0 Å². The third-order valence-electron chi connectivity index (χ3n) is 7.12. The van der Waals surface area contributed by atoms with Gasteiger partial charge in [-0.2, -0.15) is 0 Å². The monoisotopic (exact) mass is 611 g/mol. The Morgan fingerprint density at radius 3 is 2.20 bits per heavy atom. The molecule has 0 amide bonds. The van der Waals surface area contributed by atoms with Crippen LogP contribution in [0.15, 0.2) is 90.5 Å². The topological polar surface area (TPSA) is 77.8 Å². The minimum Gasteiger partial charge on any atom is -0.496 e. The summed E-state index contributed by atoms with van der Waals surface area (Å²) in [5.41, 5.74) is 7.32. The van der Waals surface area contributed by atoms with Crippen LogP contribution in [0.4, 0.5) is 0 Å². The summed E-state index contributed by atoms with van der Waals surface area (Å²) in [5, 5.41) is 7.63. The van der Waals surface area contributed by atoms with E-state index < -0.39 is 5.97 Å². The fraction of sp³-hybridized carbons (Fsp3) is 0.333. The second-order valence-corrected chi connectivity index (χ2v) is 10.8. The number of hydrogen-bond acceptors (Lipinski definition) is 6. The minimum atomic E-state index is -0.459. The lowest BCUT2D eigenvalue weighted by molar-refractivity contribution is 0.0734. The van der Waals surface area contributed by atoms with Gasteiger partial charge < -0.3 is 24.4 Å². The van der Waals surface area contributed by atoms with Crippen molar-refractivity contribution in [3.8, 4) is 17.2 Å². The third kappa shape index (κ3) is 13.4. The van der Waals surface area contributed by atoms with Gasteiger partial charge in [-0.1, -0.05) is 66.6 Å². The summed E-state index contributed by atoms with van der Waals surface area (Å²) >= 11 is 0. The van der Waals surface area contributed by atoms with Gasteiger partial charge in [0.15, 0.2) is 0 Å². The molecular formula is C39H49NO5. The Kier molecular flexibility index (Phi) is 16.8. The number of nitrogens with one attached hydrogen (secondary N) is 1. The molecular weight excluding hydrogens is 562 g/mol. The van der Waals surface area contributed by atoms with Crippen LogP contribution in [0, 0.1) is 19.3 Å². The highest BCUT2D eigenvalue weighted by atomic mass is 16.5. The smallest absolute Gasteiger partial charge is 0.343 e. The molecule has 1 aliphatic rings. The quantitative estimate of drug-likeness (QED) is 0.0725. The van der Waals surface area contributed by atoms with Crippen molar-refractivity contribution < 1.29 is 23.7 Å². The lowest BCUT2D eigenvalue weighted by Gasteiger charge is -2.16. The van der Waals surface area contributed by atoms with Crippen molar-refractivity contribution in [3.63, 3.8) is 0 Å². The van der Waals surface area contributed by atoms with Crippen molar-refractivity contribution >= 4 is 18.3 Å². The Bertz CT molecular complexity index is 1430. The third-order valence-corrected chi connectivity index (χ3v) is 7.12. The van der Waals surface area contributed by atoms with Crippen molar-refractivity contribution in [2.75, 3.05) is 27.4 Å². The van der Waals surface area contributed by atoms with Crippen LogP contribution >= 0.6 is 0 Å². The van der Waals surface area contributed by atoms with Crippen LogP contribution < -0.4 is 14.2 Å². The van der Waals surface area contributed by atoms with E-state index in [1.807, 2.05) is 43.3 Å². The molecule has 1 saturated carbocycles. The molecule has 1 fully saturated rings. The number of esters is 1. The Morgan fingerprint density at radius 1 is 0.956 bits per heavy atom. The largest absolute Gasteiger partial charge is 0.496 e. The van der Waals surface area contributed by atoms with Crippen molar-refractivity contribution in [2.45, 2.75) is 59.8 Å². The number of carbonyl (C=O) groups is 1. The average Bonchev–Trinajstić information content (AvgIpc) is 3.02. The fourth-order valence-corrected chi connectivity index (χ4v) is 4.21. The Morgan fingerprint density at radius 2 is 1.67 bits per heavy atom. The summed E-state index contributed by atoms with van der Waals surface area (Å²) < 4.78 is 21.2. The number of aryl methyl sites for hydroxylation is 2. The molecule has 45 heavy (non-hydrogen) atoms. The zero-order valence-corrected chi connectivity index (χ0v) is 27.8. The zero-order chi connectivity index (χ0) is 33.0. The second kappa shape index (κ2) is 20.5. The number of benzene rings is 3. The highest BCUT2D eigenvalue weighted by Crippen LogP contribution is 2.29. The summed E-state index contributed by atoms with van der Waals surface area (Å²) in [7, 11) is 3.35. The number of rotatable bonds is 12. The van der Waals surface area contributed by atoms with E-state index in [-0.39, 0.29) is 0 Å². The van der Waals surface area contributed by atoms with E-state index in [0.29, 0.717) is 35.8 Å². The molecule has 3 aromatic carbocycles. The van der Waals surface area contributed by atoms with E-state index in [0.717, 1.165) is 37.0 Å². The van der Waals surface area contributed by atoms with Crippen LogP contribution in [0.5, 0.6) is 17.2 Å². The highest BCUT2D eigenvalue weighted by Gasteiger charge is 2.13. The predicted molar refractivity (Wildman–Crippen MR) is 186 cm³/mol. The maximum atomic E-state index is 12.4. The maximum Gasteiger partial charge on any atom is 0.343 e. The van der Waals surface area contributed by atoms with Gasteiger partial charge in [0, 0.05) is 31.9 Å². The summed E-state index contributed by atoms with van der Waals surface area (Å²) in [4.78, 5) is 12.4. The second-order valence-electron chi connectivity index (χ2n) is 10.8. The van der Waals surface area contributed by atoms with Gasteiger partial charge in [-0.3, -0.25) is 0 Å². The van der Waals surface area contributed by atoms with Crippen LogP contribution in [0.3, 0.4) is 0 Å². The van der Waals surface area contributed by atoms with Crippen LogP contribution in [-0.4, -0.2) is 39.6 Å². The van der Waals surface area contributed by atoms with E-state index in [4.69, 9.17) is 24.4 Å². The number of methoxy groups -OCH3 is 2. The van der Waals surface area contributed by atoms with E-state index in [1.165, 1.54) is 34.9 Å². The van der Waals surface area contributed by atoms with Crippen molar-refractivity contribution in [3.05, 3.63) is 118 Å². The molecule has 6 heteroatoms. The first-order valence-electron chi connectivity index (χ1n) is 15.4. The molecule has 240 valence electrons. The molecule has 1 aliphatic carbocycles. The molecule has 0 spiro atoms. The van der Waals surface area contributed by atoms with Crippen molar-refractivity contribution in [1.29, 1.82) is 5.41 Å². The van der Waals surface area contributed by atoms with Gasteiger partial charge in [-0.05, 0) is 100 Å². The molecule has 4 rings (SSSR count). The minimum absolute atomic E-state index is 0.385. The summed E-state index contributed by atoms with van der Waals surface area (Å²) in [6.45, 7) is 13.1. The SMILES string of the molecule is C=C/C=C(\C)CC.COCCCOc1ccc(C(=O)Oc2ccc(C=C3CCC3)cc2C=N)cc1.COc1ccc(C)cc1C. The van der Waals surface area contributed by atoms with Gasteiger partial charge in [-0.25, -0.2) is 4.79 Å². The van der Waals surface area contributed by atoms with Crippen LogP contribution in [0.1, 0.15) is 78.6 Å². The molecule has 3 aromatic rings. The van der Waals surface area contributed by atoms with Gasteiger partial charge >= 0.3 is 5.97 Å². The Labute approximate surface area is 269 Å². The first-order valence-corrected chi connectivity index (χ1v) is 15.4. The average molecular weight is 612 g/mol. The molecule has 0 atom stereocenters. The summed E-state index contributed by atoms with van der Waals surface area (Å²) in [6.07, 6.45) is 12.7. The Balaban J connectivity index is 0.000000339. The van der Waals surface area contributed by atoms with Gasteiger partial charge in [0.2, 0.25) is 0 Å².